The first-order valence-electron chi connectivity index (χ1n) is 4.84. The van der Waals surface area contributed by atoms with Gasteiger partial charge in [-0.2, -0.15) is 5.10 Å². The van der Waals surface area contributed by atoms with Crippen LogP contribution in [0.2, 0.25) is 5.02 Å². The number of nitrogens with zero attached hydrogens (tertiary/aromatic N) is 2. The predicted octanol–water partition coefficient (Wildman–Crippen LogP) is 0.715. The van der Waals surface area contributed by atoms with E-state index >= 15 is 0 Å². The Morgan fingerprint density at radius 3 is 3.00 bits per heavy atom. The molecule has 0 aliphatic rings. The van der Waals surface area contributed by atoms with E-state index in [0.29, 0.717) is 29.5 Å². The van der Waals surface area contributed by atoms with E-state index in [2.05, 4.69) is 10.2 Å². The molecule has 5 nitrogen and oxygen atoms in total. The third-order valence-corrected chi connectivity index (χ3v) is 2.41. The Balaban J connectivity index is 2.54. The van der Waals surface area contributed by atoms with Crippen LogP contribution in [-0.4, -0.2) is 21.3 Å². The molecule has 0 radical (unpaired) electrons. The molecule has 0 bridgehead atoms. The van der Waals surface area contributed by atoms with E-state index in [1.165, 1.54) is 4.57 Å². The lowest BCUT2D eigenvalue weighted by Gasteiger charge is -2.04. The molecule has 2 aromatic rings. The monoisotopic (exact) mass is 238 g/mol. The summed E-state index contributed by atoms with van der Waals surface area (Å²) < 4.78 is 1.47. The summed E-state index contributed by atoms with van der Waals surface area (Å²) in [4.78, 5) is 11.6. The zero-order valence-corrected chi connectivity index (χ0v) is 9.24. The first-order valence-corrected chi connectivity index (χ1v) is 5.22. The van der Waals surface area contributed by atoms with Crippen LogP contribution < -0.4 is 11.4 Å². The number of nitrogens with one attached hydrogen (secondary N) is 1. The zero-order chi connectivity index (χ0) is 11.5. The second-order valence-electron chi connectivity index (χ2n) is 3.30. The first-order chi connectivity index (χ1) is 7.72. The molecule has 0 aliphatic heterocycles. The summed E-state index contributed by atoms with van der Waals surface area (Å²) in [6.07, 6.45) is 0.533. The van der Waals surface area contributed by atoms with Crippen LogP contribution in [0.25, 0.3) is 5.69 Å². The van der Waals surface area contributed by atoms with Gasteiger partial charge in [-0.25, -0.2) is 14.5 Å². The maximum atomic E-state index is 11.6. The molecular formula is C10H11ClN4O. The Labute approximate surface area is 96.8 Å². The molecular weight excluding hydrogens is 228 g/mol. The van der Waals surface area contributed by atoms with Crippen molar-refractivity contribution in [3.05, 3.63) is 45.6 Å². The first kappa shape index (κ1) is 10.9. The van der Waals surface area contributed by atoms with Crippen LogP contribution in [0.1, 0.15) is 5.82 Å². The van der Waals surface area contributed by atoms with Gasteiger partial charge in [-0.3, -0.25) is 0 Å². The van der Waals surface area contributed by atoms with Crippen LogP contribution in [0, 0.1) is 0 Å². The molecule has 1 heterocycles. The topological polar surface area (TPSA) is 76.7 Å². The molecule has 0 saturated carbocycles. The van der Waals surface area contributed by atoms with E-state index in [9.17, 15) is 4.79 Å². The van der Waals surface area contributed by atoms with Crippen molar-refractivity contribution < 1.29 is 0 Å². The summed E-state index contributed by atoms with van der Waals surface area (Å²) in [6.45, 7) is 0.435. The fourth-order valence-electron chi connectivity index (χ4n) is 1.51. The number of rotatable bonds is 3. The van der Waals surface area contributed by atoms with E-state index < -0.39 is 0 Å². The molecule has 0 unspecified atom stereocenters. The summed E-state index contributed by atoms with van der Waals surface area (Å²) >= 11 is 5.87. The number of nitrogens with two attached hydrogens (primary N) is 1. The van der Waals surface area contributed by atoms with Crippen molar-refractivity contribution in [3.8, 4) is 5.69 Å². The van der Waals surface area contributed by atoms with Gasteiger partial charge in [0.1, 0.15) is 5.82 Å². The van der Waals surface area contributed by atoms with Crippen molar-refractivity contribution in [2.24, 2.45) is 5.73 Å². The lowest BCUT2D eigenvalue weighted by molar-refractivity contribution is 0.824. The van der Waals surface area contributed by atoms with Crippen molar-refractivity contribution in [1.29, 1.82) is 0 Å². The number of aromatic amines is 1. The van der Waals surface area contributed by atoms with Crippen LogP contribution >= 0.6 is 11.6 Å². The van der Waals surface area contributed by atoms with Gasteiger partial charge in [-0.05, 0) is 24.7 Å². The van der Waals surface area contributed by atoms with Crippen molar-refractivity contribution in [1.82, 2.24) is 14.8 Å². The Bertz CT molecular complexity index is 546. The van der Waals surface area contributed by atoms with E-state index in [-0.39, 0.29) is 5.69 Å². The van der Waals surface area contributed by atoms with Crippen molar-refractivity contribution in [2.75, 3.05) is 6.54 Å². The van der Waals surface area contributed by atoms with Crippen molar-refractivity contribution >= 4 is 11.6 Å². The third-order valence-electron chi connectivity index (χ3n) is 2.18. The van der Waals surface area contributed by atoms with Gasteiger partial charge >= 0.3 is 5.69 Å². The van der Waals surface area contributed by atoms with Crippen LogP contribution in [-0.2, 0) is 6.42 Å². The second-order valence-corrected chi connectivity index (χ2v) is 3.74. The highest BCUT2D eigenvalue weighted by Crippen LogP contribution is 2.14. The summed E-state index contributed by atoms with van der Waals surface area (Å²) in [7, 11) is 0. The minimum absolute atomic E-state index is 0.286. The quantitative estimate of drug-likeness (QED) is 0.827. The fourth-order valence-corrected chi connectivity index (χ4v) is 1.69. The average molecular weight is 239 g/mol. The molecule has 0 amide bonds. The zero-order valence-electron chi connectivity index (χ0n) is 8.48. The van der Waals surface area contributed by atoms with Crippen LogP contribution in [0.5, 0.6) is 0 Å². The summed E-state index contributed by atoms with van der Waals surface area (Å²) in [5.74, 6) is 0.606. The number of aromatic nitrogens is 3. The number of halogens is 1. The van der Waals surface area contributed by atoms with Crippen LogP contribution in [0.4, 0.5) is 0 Å². The molecule has 2 rings (SSSR count). The smallest absolute Gasteiger partial charge is 0.330 e. The van der Waals surface area contributed by atoms with Crippen molar-refractivity contribution in [3.63, 3.8) is 0 Å². The minimum Gasteiger partial charge on any atom is -0.330 e. The van der Waals surface area contributed by atoms with Gasteiger partial charge in [-0.1, -0.05) is 17.7 Å². The Hall–Kier alpha value is -1.59. The van der Waals surface area contributed by atoms with E-state index in [0.717, 1.165) is 0 Å². The van der Waals surface area contributed by atoms with Gasteiger partial charge < -0.3 is 5.73 Å². The normalized spacial score (nSPS) is 10.6. The van der Waals surface area contributed by atoms with E-state index in [4.69, 9.17) is 17.3 Å². The van der Waals surface area contributed by atoms with Gasteiger partial charge in [0.2, 0.25) is 0 Å². The van der Waals surface area contributed by atoms with Gasteiger partial charge in [0.05, 0.1) is 5.69 Å². The van der Waals surface area contributed by atoms with Crippen LogP contribution in [0.3, 0.4) is 0 Å². The molecule has 0 atom stereocenters. The SMILES string of the molecule is NCCc1n[nH]c(=O)n1-c1cccc(Cl)c1. The molecule has 16 heavy (non-hydrogen) atoms. The molecule has 0 saturated heterocycles. The molecule has 0 spiro atoms. The van der Waals surface area contributed by atoms with E-state index in [1.54, 1.807) is 24.3 Å². The molecule has 0 aliphatic carbocycles. The summed E-state index contributed by atoms with van der Waals surface area (Å²) in [5.41, 5.74) is 5.85. The highest BCUT2D eigenvalue weighted by Gasteiger charge is 2.09. The van der Waals surface area contributed by atoms with Crippen LogP contribution in [0.15, 0.2) is 29.1 Å². The highest BCUT2D eigenvalue weighted by molar-refractivity contribution is 6.30. The number of hydrogen-bond acceptors (Lipinski definition) is 3. The Morgan fingerprint density at radius 2 is 2.31 bits per heavy atom. The standard InChI is InChI=1S/C10H11ClN4O/c11-7-2-1-3-8(6-7)15-9(4-5-12)13-14-10(15)16/h1-3,6H,4-5,12H2,(H,14,16). The lowest BCUT2D eigenvalue weighted by Crippen LogP contribution is -2.18. The largest absolute Gasteiger partial charge is 0.347 e. The fraction of sp³-hybridized carbons (Fsp3) is 0.200. The second kappa shape index (κ2) is 4.51. The average Bonchev–Trinajstić information content (AvgIpc) is 2.60. The maximum absolute atomic E-state index is 11.6. The maximum Gasteiger partial charge on any atom is 0.347 e. The van der Waals surface area contributed by atoms with E-state index in [1.807, 2.05) is 0 Å². The Morgan fingerprint density at radius 1 is 1.50 bits per heavy atom. The lowest BCUT2D eigenvalue weighted by atomic mass is 10.3. The van der Waals surface area contributed by atoms with Gasteiger partial charge in [-0.15, -0.1) is 0 Å². The summed E-state index contributed by atoms with van der Waals surface area (Å²) in [6, 6.07) is 7.03. The third kappa shape index (κ3) is 2.00. The molecule has 3 N–H and O–H groups in total. The number of benzene rings is 1. The number of hydrogen-bond donors (Lipinski definition) is 2. The summed E-state index contributed by atoms with van der Waals surface area (Å²) in [5, 5.41) is 6.89. The molecule has 6 heteroatoms. The molecule has 84 valence electrons. The van der Waals surface area contributed by atoms with Gasteiger partial charge in [0.15, 0.2) is 0 Å². The van der Waals surface area contributed by atoms with Gasteiger partial charge in [0.25, 0.3) is 0 Å². The van der Waals surface area contributed by atoms with Gasteiger partial charge in [0, 0.05) is 11.4 Å². The van der Waals surface area contributed by atoms with Crippen molar-refractivity contribution in [2.45, 2.75) is 6.42 Å². The molecule has 0 fully saturated rings. The molecule has 1 aromatic heterocycles. The minimum atomic E-state index is -0.286. The number of H-pyrrole nitrogens is 1. The molecule has 1 aromatic carbocycles. The predicted molar refractivity (Wildman–Crippen MR) is 62.0 cm³/mol. The highest BCUT2D eigenvalue weighted by atomic mass is 35.5. The Kier molecular flexibility index (Phi) is 3.07.